The molecule has 0 radical (unpaired) electrons. The van der Waals surface area contributed by atoms with E-state index in [-0.39, 0.29) is 12.7 Å². The summed E-state index contributed by atoms with van der Waals surface area (Å²) in [6, 6.07) is 0. The Balaban J connectivity index is 3.45. The highest BCUT2D eigenvalue weighted by Gasteiger charge is 2.09. The first kappa shape index (κ1) is 11.4. The van der Waals surface area contributed by atoms with Gasteiger partial charge in [0.25, 0.3) is 0 Å². The van der Waals surface area contributed by atoms with E-state index in [9.17, 15) is 4.79 Å². The van der Waals surface area contributed by atoms with Crippen molar-refractivity contribution in [2.75, 3.05) is 6.61 Å². The third-order valence-corrected chi connectivity index (χ3v) is 1.57. The fourth-order valence-electron chi connectivity index (χ4n) is 0.831. The standard InChI is InChI=1S/C8H16O4/c1-3-7(9)4-6(2)12-5-8(10)11/h6-7,9H,3-5H2,1-2H3,(H,10,11). The maximum atomic E-state index is 10.1. The zero-order chi connectivity index (χ0) is 9.56. The Kier molecular flexibility index (Phi) is 5.66. The zero-order valence-corrected chi connectivity index (χ0v) is 7.49. The first-order valence-corrected chi connectivity index (χ1v) is 4.07. The van der Waals surface area contributed by atoms with Crippen molar-refractivity contribution in [2.45, 2.75) is 38.9 Å². The van der Waals surface area contributed by atoms with Gasteiger partial charge in [0.1, 0.15) is 6.61 Å². The van der Waals surface area contributed by atoms with Crippen LogP contribution in [0.5, 0.6) is 0 Å². The van der Waals surface area contributed by atoms with Crippen molar-refractivity contribution in [3.63, 3.8) is 0 Å². The Morgan fingerprint density at radius 2 is 2.17 bits per heavy atom. The van der Waals surface area contributed by atoms with Crippen LogP contribution >= 0.6 is 0 Å². The summed E-state index contributed by atoms with van der Waals surface area (Å²) in [5, 5.41) is 17.4. The molecule has 0 amide bonds. The van der Waals surface area contributed by atoms with Gasteiger partial charge in [-0.05, 0) is 19.8 Å². The molecule has 0 heterocycles. The monoisotopic (exact) mass is 176 g/mol. The smallest absolute Gasteiger partial charge is 0.329 e. The summed E-state index contributed by atoms with van der Waals surface area (Å²) in [7, 11) is 0. The minimum atomic E-state index is -0.979. The van der Waals surface area contributed by atoms with E-state index in [4.69, 9.17) is 14.9 Å². The molecule has 0 fully saturated rings. The zero-order valence-electron chi connectivity index (χ0n) is 7.49. The third-order valence-electron chi connectivity index (χ3n) is 1.57. The molecule has 0 aromatic heterocycles. The second-order valence-electron chi connectivity index (χ2n) is 2.81. The van der Waals surface area contributed by atoms with Crippen LogP contribution in [0.25, 0.3) is 0 Å². The molecule has 4 heteroatoms. The second-order valence-corrected chi connectivity index (χ2v) is 2.81. The van der Waals surface area contributed by atoms with Crippen molar-refractivity contribution in [1.29, 1.82) is 0 Å². The molecule has 0 aromatic carbocycles. The Labute approximate surface area is 72.2 Å². The van der Waals surface area contributed by atoms with E-state index in [1.54, 1.807) is 6.92 Å². The van der Waals surface area contributed by atoms with Gasteiger partial charge in [0, 0.05) is 0 Å². The molecule has 0 saturated heterocycles. The molecule has 2 atom stereocenters. The number of hydrogen-bond donors (Lipinski definition) is 2. The van der Waals surface area contributed by atoms with Gasteiger partial charge < -0.3 is 14.9 Å². The number of ether oxygens (including phenoxy) is 1. The summed E-state index contributed by atoms with van der Waals surface area (Å²) in [6.45, 7) is 3.33. The number of aliphatic carboxylic acids is 1. The van der Waals surface area contributed by atoms with Gasteiger partial charge in [-0.2, -0.15) is 0 Å². The van der Waals surface area contributed by atoms with Crippen LogP contribution in [0.4, 0.5) is 0 Å². The van der Waals surface area contributed by atoms with E-state index in [1.165, 1.54) is 0 Å². The first-order chi connectivity index (χ1) is 5.56. The van der Waals surface area contributed by atoms with E-state index in [2.05, 4.69) is 0 Å². The van der Waals surface area contributed by atoms with Gasteiger partial charge in [-0.25, -0.2) is 4.79 Å². The van der Waals surface area contributed by atoms with E-state index in [0.29, 0.717) is 12.8 Å². The molecule has 72 valence electrons. The molecule has 4 nitrogen and oxygen atoms in total. The lowest BCUT2D eigenvalue weighted by atomic mass is 10.1. The molecule has 0 aromatic rings. The van der Waals surface area contributed by atoms with E-state index < -0.39 is 12.1 Å². The van der Waals surface area contributed by atoms with Crippen molar-refractivity contribution in [1.82, 2.24) is 0 Å². The van der Waals surface area contributed by atoms with E-state index in [0.717, 1.165) is 0 Å². The van der Waals surface area contributed by atoms with Gasteiger partial charge in [-0.3, -0.25) is 0 Å². The topological polar surface area (TPSA) is 66.8 Å². The van der Waals surface area contributed by atoms with Crippen molar-refractivity contribution >= 4 is 5.97 Å². The largest absolute Gasteiger partial charge is 0.480 e. The quantitative estimate of drug-likeness (QED) is 0.623. The second kappa shape index (κ2) is 5.97. The van der Waals surface area contributed by atoms with Gasteiger partial charge in [-0.1, -0.05) is 6.92 Å². The minimum Gasteiger partial charge on any atom is -0.480 e. The average molecular weight is 176 g/mol. The molecule has 0 aliphatic carbocycles. The third kappa shape index (κ3) is 6.12. The maximum Gasteiger partial charge on any atom is 0.329 e. The van der Waals surface area contributed by atoms with Gasteiger partial charge in [0.15, 0.2) is 0 Å². The highest BCUT2D eigenvalue weighted by Crippen LogP contribution is 2.04. The van der Waals surface area contributed by atoms with E-state index >= 15 is 0 Å². The van der Waals surface area contributed by atoms with Crippen LogP contribution in [0.15, 0.2) is 0 Å². The molecular formula is C8H16O4. The van der Waals surface area contributed by atoms with Crippen LogP contribution in [0.2, 0.25) is 0 Å². The van der Waals surface area contributed by atoms with Gasteiger partial charge >= 0.3 is 5.97 Å². The lowest BCUT2D eigenvalue weighted by Crippen LogP contribution is -2.20. The molecule has 0 rings (SSSR count). The van der Waals surface area contributed by atoms with Crippen molar-refractivity contribution in [2.24, 2.45) is 0 Å². The molecule has 0 aliphatic rings. The number of carboxylic acids is 1. The summed E-state index contributed by atoms with van der Waals surface area (Å²) in [4.78, 5) is 10.1. The van der Waals surface area contributed by atoms with Crippen LogP contribution in [0.1, 0.15) is 26.7 Å². The number of aliphatic hydroxyl groups excluding tert-OH is 1. The molecule has 12 heavy (non-hydrogen) atoms. The Bertz CT molecular complexity index is 135. The predicted octanol–water partition coefficient (Wildman–Crippen LogP) is 0.637. The van der Waals surface area contributed by atoms with Crippen molar-refractivity contribution in [3.05, 3.63) is 0 Å². The Hall–Kier alpha value is -0.610. The minimum absolute atomic E-state index is 0.198. The van der Waals surface area contributed by atoms with Crippen LogP contribution in [-0.4, -0.2) is 35.0 Å². The molecule has 2 unspecified atom stereocenters. The van der Waals surface area contributed by atoms with Crippen molar-refractivity contribution < 1.29 is 19.7 Å². The molecule has 0 saturated carbocycles. The van der Waals surface area contributed by atoms with E-state index in [1.807, 2.05) is 6.92 Å². The van der Waals surface area contributed by atoms with Crippen LogP contribution < -0.4 is 0 Å². The number of aliphatic hydroxyl groups is 1. The van der Waals surface area contributed by atoms with Crippen LogP contribution in [-0.2, 0) is 9.53 Å². The Morgan fingerprint density at radius 3 is 2.58 bits per heavy atom. The number of hydrogen-bond acceptors (Lipinski definition) is 3. The summed E-state index contributed by atoms with van der Waals surface area (Å²) < 4.78 is 4.92. The molecule has 0 spiro atoms. The molecule has 0 aliphatic heterocycles. The molecule has 2 N–H and O–H groups in total. The lowest BCUT2D eigenvalue weighted by Gasteiger charge is -2.14. The summed E-state index contributed by atoms with van der Waals surface area (Å²) in [5.41, 5.74) is 0. The van der Waals surface area contributed by atoms with Crippen LogP contribution in [0, 0.1) is 0 Å². The number of carbonyl (C=O) groups is 1. The average Bonchev–Trinajstić information content (AvgIpc) is 2.00. The fraction of sp³-hybridized carbons (Fsp3) is 0.875. The number of rotatable bonds is 6. The summed E-state index contributed by atoms with van der Waals surface area (Å²) >= 11 is 0. The SMILES string of the molecule is CCC(O)CC(C)OCC(=O)O. The lowest BCUT2D eigenvalue weighted by molar-refractivity contribution is -0.144. The highest BCUT2D eigenvalue weighted by molar-refractivity contribution is 5.68. The van der Waals surface area contributed by atoms with Gasteiger partial charge in [0.2, 0.25) is 0 Å². The normalized spacial score (nSPS) is 15.6. The van der Waals surface area contributed by atoms with Crippen LogP contribution in [0.3, 0.4) is 0 Å². The fourth-order valence-corrected chi connectivity index (χ4v) is 0.831. The number of carboxylic acid groups (broad SMARTS) is 1. The van der Waals surface area contributed by atoms with Gasteiger partial charge in [0.05, 0.1) is 12.2 Å². The van der Waals surface area contributed by atoms with Gasteiger partial charge in [-0.15, -0.1) is 0 Å². The maximum absolute atomic E-state index is 10.1. The summed E-state index contributed by atoms with van der Waals surface area (Å²) in [5.74, 6) is -0.979. The predicted molar refractivity (Wildman–Crippen MR) is 44.0 cm³/mol. The molecule has 0 bridgehead atoms. The molecular weight excluding hydrogens is 160 g/mol. The summed E-state index contributed by atoms with van der Waals surface area (Å²) in [6.07, 6.45) is 0.565. The highest BCUT2D eigenvalue weighted by atomic mass is 16.5. The first-order valence-electron chi connectivity index (χ1n) is 4.07. The Morgan fingerprint density at radius 1 is 1.58 bits per heavy atom. The van der Waals surface area contributed by atoms with Crippen molar-refractivity contribution in [3.8, 4) is 0 Å².